The fourth-order valence-electron chi connectivity index (χ4n) is 1.55. The minimum absolute atomic E-state index is 0.880. The Morgan fingerprint density at radius 2 is 2.12 bits per heavy atom. The van der Waals surface area contributed by atoms with Gasteiger partial charge < -0.3 is 4.57 Å². The predicted octanol–water partition coefficient (Wildman–Crippen LogP) is 4.13. The Balaban J connectivity index is 2.30. The molecule has 17 heavy (non-hydrogen) atoms. The summed E-state index contributed by atoms with van der Waals surface area (Å²) in [6, 6.07) is 8.25. The highest BCUT2D eigenvalue weighted by molar-refractivity contribution is 9.10. The zero-order valence-electron chi connectivity index (χ0n) is 9.56. The van der Waals surface area contributed by atoms with Crippen LogP contribution in [0.5, 0.6) is 0 Å². The molecule has 2 nitrogen and oxygen atoms in total. The van der Waals surface area contributed by atoms with Crippen LogP contribution < -0.4 is 0 Å². The molecule has 2 aromatic rings. The topological polar surface area (TPSA) is 17.8 Å². The molecule has 0 saturated carbocycles. The van der Waals surface area contributed by atoms with Crippen LogP contribution in [-0.2, 0) is 7.05 Å². The van der Waals surface area contributed by atoms with Crippen LogP contribution in [0.1, 0.15) is 0 Å². The lowest BCUT2D eigenvalue weighted by Gasteiger charge is -2.05. The van der Waals surface area contributed by atoms with Crippen molar-refractivity contribution in [1.82, 2.24) is 9.55 Å². The largest absolute Gasteiger partial charge is 0.322 e. The van der Waals surface area contributed by atoms with Crippen LogP contribution in [-0.4, -0.2) is 15.3 Å². The quantitative estimate of drug-likeness (QED) is 0.624. The van der Waals surface area contributed by atoms with Crippen molar-refractivity contribution < 1.29 is 0 Å². The molecule has 0 bridgehead atoms. The van der Waals surface area contributed by atoms with Crippen molar-refractivity contribution in [2.75, 3.05) is 5.75 Å². The van der Waals surface area contributed by atoms with Gasteiger partial charge in [-0.05, 0) is 17.7 Å². The van der Waals surface area contributed by atoms with E-state index in [1.165, 1.54) is 5.56 Å². The molecule has 0 saturated heterocycles. The average Bonchev–Trinajstić information content (AvgIpc) is 2.69. The molecule has 0 aliphatic rings. The van der Waals surface area contributed by atoms with Crippen LogP contribution in [0.25, 0.3) is 11.3 Å². The highest BCUT2D eigenvalue weighted by Crippen LogP contribution is 2.25. The maximum Gasteiger partial charge on any atom is 0.168 e. The van der Waals surface area contributed by atoms with Gasteiger partial charge in [-0.25, -0.2) is 4.98 Å². The van der Waals surface area contributed by atoms with Crippen molar-refractivity contribution in [1.29, 1.82) is 0 Å². The number of imidazole rings is 1. The number of hydrogen-bond acceptors (Lipinski definition) is 2. The first-order chi connectivity index (χ1) is 8.22. The molecule has 1 aromatic heterocycles. The smallest absolute Gasteiger partial charge is 0.168 e. The minimum atomic E-state index is 0.880. The number of benzene rings is 1. The molecule has 0 aliphatic carbocycles. The summed E-state index contributed by atoms with van der Waals surface area (Å²) in [6.45, 7) is 3.72. The van der Waals surface area contributed by atoms with Gasteiger partial charge in [-0.2, -0.15) is 0 Å². The molecule has 1 heterocycles. The third-order valence-corrected chi connectivity index (χ3v) is 3.98. The zero-order valence-corrected chi connectivity index (χ0v) is 12.0. The number of rotatable bonds is 4. The number of halogens is 1. The van der Waals surface area contributed by atoms with E-state index < -0.39 is 0 Å². The second kappa shape index (κ2) is 5.56. The van der Waals surface area contributed by atoms with E-state index in [1.54, 1.807) is 11.8 Å². The number of aromatic nitrogens is 2. The van der Waals surface area contributed by atoms with Gasteiger partial charge in [0.15, 0.2) is 5.16 Å². The maximum atomic E-state index is 4.42. The van der Waals surface area contributed by atoms with Gasteiger partial charge in [-0.1, -0.05) is 45.9 Å². The van der Waals surface area contributed by atoms with E-state index in [1.807, 2.05) is 31.5 Å². The van der Waals surface area contributed by atoms with Crippen molar-refractivity contribution >= 4 is 27.7 Å². The van der Waals surface area contributed by atoms with Crippen LogP contribution in [0.4, 0.5) is 0 Å². The molecule has 0 unspecified atom stereocenters. The van der Waals surface area contributed by atoms with E-state index >= 15 is 0 Å². The number of thioether (sulfide) groups is 1. The van der Waals surface area contributed by atoms with Gasteiger partial charge in [0.05, 0.1) is 11.9 Å². The van der Waals surface area contributed by atoms with E-state index in [-0.39, 0.29) is 0 Å². The molecule has 2 rings (SSSR count). The molecule has 0 amide bonds. The van der Waals surface area contributed by atoms with Crippen molar-refractivity contribution in [3.05, 3.63) is 47.6 Å². The van der Waals surface area contributed by atoms with Crippen LogP contribution >= 0.6 is 27.7 Å². The molecule has 0 spiro atoms. The van der Waals surface area contributed by atoms with Gasteiger partial charge in [-0.3, -0.25) is 0 Å². The Morgan fingerprint density at radius 3 is 2.76 bits per heavy atom. The van der Waals surface area contributed by atoms with Crippen molar-refractivity contribution in [3.63, 3.8) is 0 Å². The van der Waals surface area contributed by atoms with Gasteiger partial charge in [0.1, 0.15) is 0 Å². The summed E-state index contributed by atoms with van der Waals surface area (Å²) >= 11 is 5.13. The Hall–Kier alpha value is -1.00. The van der Waals surface area contributed by atoms with E-state index in [2.05, 4.69) is 44.2 Å². The Kier molecular flexibility index (Phi) is 4.07. The van der Waals surface area contributed by atoms with Crippen molar-refractivity contribution in [3.8, 4) is 11.3 Å². The van der Waals surface area contributed by atoms with Crippen molar-refractivity contribution in [2.24, 2.45) is 7.05 Å². The molecule has 0 radical (unpaired) electrons. The second-order valence-electron chi connectivity index (χ2n) is 3.59. The third-order valence-electron chi connectivity index (χ3n) is 2.42. The summed E-state index contributed by atoms with van der Waals surface area (Å²) in [5.74, 6) is 0.880. The fourth-order valence-corrected chi connectivity index (χ4v) is 2.50. The standard InChI is InChI=1S/C13H13BrN2S/c1-3-8-17-13-15-9-12(16(13)2)10-4-6-11(14)7-5-10/h3-7,9H,1,8H2,2H3. The maximum absolute atomic E-state index is 4.42. The molecule has 0 atom stereocenters. The predicted molar refractivity (Wildman–Crippen MR) is 77.3 cm³/mol. The lowest BCUT2D eigenvalue weighted by molar-refractivity contribution is 0.797. The number of hydrogen-bond donors (Lipinski definition) is 0. The summed E-state index contributed by atoms with van der Waals surface area (Å²) in [7, 11) is 2.04. The SMILES string of the molecule is C=CCSc1ncc(-c2ccc(Br)cc2)n1C. The third kappa shape index (κ3) is 2.82. The molecular weight excluding hydrogens is 296 g/mol. The molecule has 0 N–H and O–H groups in total. The molecular formula is C13H13BrN2S. The highest BCUT2D eigenvalue weighted by atomic mass is 79.9. The first-order valence-electron chi connectivity index (χ1n) is 5.23. The van der Waals surface area contributed by atoms with E-state index in [9.17, 15) is 0 Å². The summed E-state index contributed by atoms with van der Waals surface area (Å²) in [6.07, 6.45) is 3.80. The van der Waals surface area contributed by atoms with Gasteiger partial charge in [0, 0.05) is 17.3 Å². The first-order valence-corrected chi connectivity index (χ1v) is 7.01. The van der Waals surface area contributed by atoms with Crippen LogP contribution in [0.3, 0.4) is 0 Å². The van der Waals surface area contributed by atoms with Crippen LogP contribution in [0.2, 0.25) is 0 Å². The molecule has 0 fully saturated rings. The molecule has 88 valence electrons. The first kappa shape index (κ1) is 12.5. The second-order valence-corrected chi connectivity index (χ2v) is 5.49. The Morgan fingerprint density at radius 1 is 1.41 bits per heavy atom. The van der Waals surface area contributed by atoms with Gasteiger partial charge in [-0.15, -0.1) is 6.58 Å². The normalized spacial score (nSPS) is 10.5. The Labute approximate surface area is 114 Å². The number of nitrogens with zero attached hydrogens (tertiary/aromatic N) is 2. The Bertz CT molecular complexity index is 517. The van der Waals surface area contributed by atoms with Gasteiger partial charge in [0.25, 0.3) is 0 Å². The average molecular weight is 309 g/mol. The summed E-state index contributed by atoms with van der Waals surface area (Å²) in [5, 5.41) is 1.02. The van der Waals surface area contributed by atoms with Crippen LogP contribution in [0, 0.1) is 0 Å². The minimum Gasteiger partial charge on any atom is -0.322 e. The zero-order chi connectivity index (χ0) is 12.3. The van der Waals surface area contributed by atoms with E-state index in [4.69, 9.17) is 0 Å². The van der Waals surface area contributed by atoms with Gasteiger partial charge >= 0.3 is 0 Å². The summed E-state index contributed by atoms with van der Waals surface area (Å²) in [5.41, 5.74) is 2.30. The van der Waals surface area contributed by atoms with Crippen LogP contribution in [0.15, 0.2) is 52.7 Å². The van der Waals surface area contributed by atoms with Gasteiger partial charge in [0.2, 0.25) is 0 Å². The van der Waals surface area contributed by atoms with E-state index in [0.717, 1.165) is 21.1 Å². The molecule has 1 aromatic carbocycles. The monoisotopic (exact) mass is 308 g/mol. The lowest BCUT2D eigenvalue weighted by atomic mass is 10.2. The highest BCUT2D eigenvalue weighted by Gasteiger charge is 2.08. The van der Waals surface area contributed by atoms with Crippen molar-refractivity contribution in [2.45, 2.75) is 5.16 Å². The fraction of sp³-hybridized carbons (Fsp3) is 0.154. The lowest BCUT2D eigenvalue weighted by Crippen LogP contribution is -1.94. The van der Waals surface area contributed by atoms with E-state index in [0.29, 0.717) is 0 Å². The molecule has 4 heteroatoms. The molecule has 0 aliphatic heterocycles. The summed E-state index contributed by atoms with van der Waals surface area (Å²) < 4.78 is 3.20. The summed E-state index contributed by atoms with van der Waals surface area (Å²) in [4.78, 5) is 4.42.